The minimum atomic E-state index is -0.912. The summed E-state index contributed by atoms with van der Waals surface area (Å²) >= 11 is 5.78. The molecule has 0 amide bonds. The van der Waals surface area contributed by atoms with Gasteiger partial charge in [0.05, 0.1) is 0 Å². The second kappa shape index (κ2) is 3.83. The molecule has 2 N–H and O–H groups in total. The summed E-state index contributed by atoms with van der Waals surface area (Å²) in [7, 11) is 0. The first-order valence-electron chi connectivity index (χ1n) is 4.90. The highest BCUT2D eigenvalue weighted by molar-refractivity contribution is 6.30. The van der Waals surface area contributed by atoms with E-state index in [1.54, 1.807) is 24.3 Å². The van der Waals surface area contributed by atoms with Crippen LogP contribution in [0, 0.1) is 0 Å². The molecule has 0 aromatic heterocycles. The number of carboxylic acids is 1. The van der Waals surface area contributed by atoms with Crippen molar-refractivity contribution in [1.82, 2.24) is 5.32 Å². The van der Waals surface area contributed by atoms with Crippen molar-refractivity contribution in [1.29, 1.82) is 0 Å². The molecule has 1 aliphatic heterocycles. The first kappa shape index (κ1) is 10.5. The van der Waals surface area contributed by atoms with Crippen LogP contribution in [0.5, 0.6) is 0 Å². The van der Waals surface area contributed by atoms with Crippen molar-refractivity contribution >= 4 is 17.6 Å². The average Bonchev–Trinajstić information content (AvgIpc) is 2.69. The van der Waals surface area contributed by atoms with E-state index in [0.717, 1.165) is 18.5 Å². The highest BCUT2D eigenvalue weighted by Crippen LogP contribution is 2.31. The van der Waals surface area contributed by atoms with E-state index in [0.29, 0.717) is 11.4 Å². The summed E-state index contributed by atoms with van der Waals surface area (Å²) in [5.41, 5.74) is -0.137. The van der Waals surface area contributed by atoms with E-state index in [1.807, 2.05) is 0 Å². The standard InChI is InChI=1S/C11H12ClNO2/c12-9-4-2-8(3-5-9)11(10(14)15)6-1-7-13-11/h2-5,13H,1,6-7H2,(H,14,15)/t11-/m0/s1. The Balaban J connectivity index is 2.41. The lowest BCUT2D eigenvalue weighted by molar-refractivity contribution is -0.144. The number of hydrogen-bond donors (Lipinski definition) is 2. The fourth-order valence-electron chi connectivity index (χ4n) is 2.03. The van der Waals surface area contributed by atoms with Crippen molar-refractivity contribution < 1.29 is 9.90 Å². The molecule has 0 aliphatic carbocycles. The van der Waals surface area contributed by atoms with Gasteiger partial charge in [-0.05, 0) is 37.1 Å². The molecule has 0 bridgehead atoms. The van der Waals surface area contributed by atoms with E-state index in [2.05, 4.69) is 5.32 Å². The highest BCUT2D eigenvalue weighted by Gasteiger charge is 2.42. The lowest BCUT2D eigenvalue weighted by Crippen LogP contribution is -2.44. The molecule has 1 aliphatic rings. The van der Waals surface area contributed by atoms with E-state index in [1.165, 1.54) is 0 Å². The summed E-state index contributed by atoms with van der Waals surface area (Å²) in [5, 5.41) is 13.0. The van der Waals surface area contributed by atoms with Gasteiger partial charge in [-0.25, -0.2) is 4.79 Å². The molecule has 80 valence electrons. The molecule has 1 aromatic carbocycles. The Morgan fingerprint density at radius 3 is 2.53 bits per heavy atom. The van der Waals surface area contributed by atoms with Gasteiger partial charge in [0, 0.05) is 5.02 Å². The van der Waals surface area contributed by atoms with E-state index in [-0.39, 0.29) is 0 Å². The summed E-state index contributed by atoms with van der Waals surface area (Å²) in [5.74, 6) is -0.817. The SMILES string of the molecule is O=C(O)[C@@]1(c2ccc(Cl)cc2)CCCN1. The highest BCUT2D eigenvalue weighted by atomic mass is 35.5. The minimum absolute atomic E-state index is 0.622. The summed E-state index contributed by atoms with van der Waals surface area (Å²) in [6.45, 7) is 0.745. The van der Waals surface area contributed by atoms with Crippen LogP contribution in [0.3, 0.4) is 0 Å². The van der Waals surface area contributed by atoms with Crippen molar-refractivity contribution in [3.8, 4) is 0 Å². The fourth-order valence-corrected chi connectivity index (χ4v) is 2.16. The number of rotatable bonds is 2. The Morgan fingerprint density at radius 2 is 2.07 bits per heavy atom. The molecule has 15 heavy (non-hydrogen) atoms. The molecular formula is C11H12ClNO2. The monoisotopic (exact) mass is 225 g/mol. The predicted octanol–water partition coefficient (Wildman–Crippen LogP) is 2.00. The summed E-state index contributed by atoms with van der Waals surface area (Å²) in [6, 6.07) is 6.99. The third-order valence-electron chi connectivity index (χ3n) is 2.86. The van der Waals surface area contributed by atoms with Crippen molar-refractivity contribution in [2.45, 2.75) is 18.4 Å². The Morgan fingerprint density at radius 1 is 1.40 bits per heavy atom. The number of benzene rings is 1. The maximum Gasteiger partial charge on any atom is 0.328 e. The normalized spacial score (nSPS) is 25.4. The van der Waals surface area contributed by atoms with Crippen LogP contribution in [-0.4, -0.2) is 17.6 Å². The molecule has 2 rings (SSSR count). The van der Waals surface area contributed by atoms with Gasteiger partial charge in [0.25, 0.3) is 0 Å². The Kier molecular flexibility index (Phi) is 2.67. The van der Waals surface area contributed by atoms with Crippen molar-refractivity contribution in [2.75, 3.05) is 6.54 Å². The Hall–Kier alpha value is -1.06. The first-order chi connectivity index (χ1) is 7.15. The largest absolute Gasteiger partial charge is 0.480 e. The zero-order chi connectivity index (χ0) is 10.9. The van der Waals surface area contributed by atoms with Crippen LogP contribution in [0.15, 0.2) is 24.3 Å². The summed E-state index contributed by atoms with van der Waals surface area (Å²) in [6.07, 6.45) is 1.51. The number of carbonyl (C=O) groups is 1. The number of hydrogen-bond acceptors (Lipinski definition) is 2. The average molecular weight is 226 g/mol. The van der Waals surface area contributed by atoms with Crippen molar-refractivity contribution in [3.05, 3.63) is 34.9 Å². The first-order valence-corrected chi connectivity index (χ1v) is 5.27. The van der Waals surface area contributed by atoms with Gasteiger partial charge in [-0.3, -0.25) is 5.32 Å². The van der Waals surface area contributed by atoms with Gasteiger partial charge in [0.1, 0.15) is 5.54 Å². The number of aliphatic carboxylic acids is 1. The second-order valence-corrected chi connectivity index (χ2v) is 4.18. The van der Waals surface area contributed by atoms with Gasteiger partial charge in [-0.1, -0.05) is 23.7 Å². The van der Waals surface area contributed by atoms with Crippen LogP contribution >= 0.6 is 11.6 Å². The molecule has 1 aromatic rings. The smallest absolute Gasteiger partial charge is 0.328 e. The number of halogens is 1. The third kappa shape index (κ3) is 1.73. The van der Waals surface area contributed by atoms with Crippen LogP contribution < -0.4 is 5.32 Å². The number of nitrogens with one attached hydrogen (secondary N) is 1. The topological polar surface area (TPSA) is 49.3 Å². The van der Waals surface area contributed by atoms with Gasteiger partial charge in [0.15, 0.2) is 0 Å². The van der Waals surface area contributed by atoms with E-state index >= 15 is 0 Å². The molecule has 4 heteroatoms. The van der Waals surface area contributed by atoms with Gasteiger partial charge in [0.2, 0.25) is 0 Å². The van der Waals surface area contributed by atoms with Gasteiger partial charge >= 0.3 is 5.97 Å². The van der Waals surface area contributed by atoms with Crippen LogP contribution in [0.1, 0.15) is 18.4 Å². The summed E-state index contributed by atoms with van der Waals surface area (Å²) < 4.78 is 0. The van der Waals surface area contributed by atoms with E-state index < -0.39 is 11.5 Å². The quantitative estimate of drug-likeness (QED) is 0.810. The van der Waals surface area contributed by atoms with E-state index in [9.17, 15) is 9.90 Å². The second-order valence-electron chi connectivity index (χ2n) is 3.75. The fraction of sp³-hybridized carbons (Fsp3) is 0.364. The lowest BCUT2D eigenvalue weighted by Gasteiger charge is -2.24. The van der Waals surface area contributed by atoms with Gasteiger partial charge < -0.3 is 5.11 Å². The summed E-state index contributed by atoms with van der Waals surface area (Å²) in [4.78, 5) is 11.3. The molecule has 1 heterocycles. The van der Waals surface area contributed by atoms with Crippen LogP contribution in [-0.2, 0) is 10.3 Å². The molecule has 1 saturated heterocycles. The van der Waals surface area contributed by atoms with Gasteiger partial charge in [-0.2, -0.15) is 0 Å². The zero-order valence-corrected chi connectivity index (χ0v) is 8.92. The Bertz CT molecular complexity index is 369. The van der Waals surface area contributed by atoms with Crippen LogP contribution in [0.4, 0.5) is 0 Å². The molecule has 0 saturated carbocycles. The van der Waals surface area contributed by atoms with Crippen LogP contribution in [0.25, 0.3) is 0 Å². The molecular weight excluding hydrogens is 214 g/mol. The van der Waals surface area contributed by atoms with Crippen molar-refractivity contribution in [2.24, 2.45) is 0 Å². The van der Waals surface area contributed by atoms with E-state index in [4.69, 9.17) is 11.6 Å². The third-order valence-corrected chi connectivity index (χ3v) is 3.11. The van der Waals surface area contributed by atoms with Crippen LogP contribution in [0.2, 0.25) is 5.02 Å². The van der Waals surface area contributed by atoms with Gasteiger partial charge in [-0.15, -0.1) is 0 Å². The molecule has 1 fully saturated rings. The zero-order valence-electron chi connectivity index (χ0n) is 8.16. The predicted molar refractivity (Wildman–Crippen MR) is 58.0 cm³/mol. The molecule has 1 atom stereocenters. The molecule has 0 unspecified atom stereocenters. The molecule has 0 spiro atoms. The number of carboxylic acid groups (broad SMARTS) is 1. The molecule has 3 nitrogen and oxygen atoms in total. The maximum absolute atomic E-state index is 11.3. The Labute approximate surface area is 93.1 Å². The molecule has 0 radical (unpaired) electrons. The maximum atomic E-state index is 11.3. The minimum Gasteiger partial charge on any atom is -0.480 e. The lowest BCUT2D eigenvalue weighted by atomic mass is 9.88. The van der Waals surface area contributed by atoms with Crippen molar-refractivity contribution in [3.63, 3.8) is 0 Å².